The third-order valence-corrected chi connectivity index (χ3v) is 4.76. The molecule has 1 aromatic rings. The number of nitrogens with two attached hydrogens (primary N) is 1. The van der Waals surface area contributed by atoms with Crippen LogP contribution in [0.15, 0.2) is 12.1 Å². The number of carbonyl (C=O) groups is 2. The highest BCUT2D eigenvalue weighted by molar-refractivity contribution is 6.03. The Morgan fingerprint density at radius 3 is 2.76 bits per heavy atom. The molecule has 3 N–H and O–H groups in total. The van der Waals surface area contributed by atoms with E-state index in [4.69, 9.17) is 10.5 Å². The third-order valence-electron chi connectivity index (χ3n) is 4.76. The van der Waals surface area contributed by atoms with Gasteiger partial charge in [0.25, 0.3) is 5.91 Å². The third kappa shape index (κ3) is 3.86. The van der Waals surface area contributed by atoms with Crippen LogP contribution in [0.4, 0.5) is 11.6 Å². The maximum absolute atomic E-state index is 12.8. The van der Waals surface area contributed by atoms with Gasteiger partial charge in [-0.2, -0.15) is 0 Å². The van der Waals surface area contributed by atoms with Crippen molar-refractivity contribution in [2.24, 2.45) is 5.92 Å². The molecule has 1 unspecified atom stereocenters. The van der Waals surface area contributed by atoms with E-state index in [1.165, 1.54) is 11.3 Å². The number of carbonyl (C=O) groups excluding carboxylic acids is 2. The number of fused-ring (bicyclic) bond motifs is 1. The molecule has 7 nitrogen and oxygen atoms in total. The Morgan fingerprint density at radius 2 is 2.08 bits per heavy atom. The van der Waals surface area contributed by atoms with Crippen LogP contribution in [0.25, 0.3) is 0 Å². The van der Waals surface area contributed by atoms with E-state index in [9.17, 15) is 9.59 Å². The molecule has 7 heteroatoms. The quantitative estimate of drug-likeness (QED) is 0.867. The van der Waals surface area contributed by atoms with Crippen LogP contribution in [0.5, 0.6) is 5.75 Å². The van der Waals surface area contributed by atoms with E-state index < -0.39 is 6.10 Å². The van der Waals surface area contributed by atoms with E-state index in [0.29, 0.717) is 11.6 Å². The van der Waals surface area contributed by atoms with Gasteiger partial charge in [0.15, 0.2) is 17.7 Å². The zero-order valence-electron chi connectivity index (χ0n) is 14.8. The van der Waals surface area contributed by atoms with E-state index in [1.807, 2.05) is 13.8 Å². The van der Waals surface area contributed by atoms with Gasteiger partial charge in [0, 0.05) is 6.04 Å². The summed E-state index contributed by atoms with van der Waals surface area (Å²) in [5.41, 5.74) is 5.76. The molecular weight excluding hydrogens is 320 g/mol. The predicted molar refractivity (Wildman–Crippen MR) is 95.3 cm³/mol. The summed E-state index contributed by atoms with van der Waals surface area (Å²) in [6.45, 7) is 3.77. The molecule has 0 aromatic carbocycles. The molecule has 1 fully saturated rings. The Bertz CT molecular complexity index is 656. The van der Waals surface area contributed by atoms with Crippen molar-refractivity contribution in [1.82, 2.24) is 10.3 Å². The van der Waals surface area contributed by atoms with E-state index >= 15 is 0 Å². The monoisotopic (exact) mass is 346 g/mol. The Kier molecular flexibility index (Phi) is 5.11. The summed E-state index contributed by atoms with van der Waals surface area (Å²) >= 11 is 0. The van der Waals surface area contributed by atoms with Crippen molar-refractivity contribution in [1.29, 1.82) is 0 Å². The fourth-order valence-corrected chi connectivity index (χ4v) is 3.42. The number of anilines is 2. The molecule has 0 spiro atoms. The molecule has 2 heterocycles. The molecular formula is C18H26N4O3. The fourth-order valence-electron chi connectivity index (χ4n) is 3.42. The van der Waals surface area contributed by atoms with Crippen molar-refractivity contribution >= 4 is 23.5 Å². The Morgan fingerprint density at radius 1 is 1.36 bits per heavy atom. The Hall–Kier alpha value is -2.31. The molecule has 0 saturated heterocycles. The molecule has 136 valence electrons. The van der Waals surface area contributed by atoms with E-state index in [-0.39, 0.29) is 36.1 Å². The second-order valence-electron chi connectivity index (χ2n) is 7.17. The van der Waals surface area contributed by atoms with Crippen molar-refractivity contribution in [3.8, 4) is 5.75 Å². The van der Waals surface area contributed by atoms with Gasteiger partial charge in [-0.15, -0.1) is 0 Å². The average molecular weight is 346 g/mol. The number of hydrogen-bond donors (Lipinski definition) is 2. The minimum atomic E-state index is -0.625. The van der Waals surface area contributed by atoms with E-state index in [1.54, 1.807) is 12.1 Å². The average Bonchev–Trinajstić information content (AvgIpc) is 2.58. The van der Waals surface area contributed by atoms with Crippen molar-refractivity contribution < 1.29 is 14.3 Å². The first kappa shape index (κ1) is 17.5. The van der Waals surface area contributed by atoms with Crippen molar-refractivity contribution in [3.63, 3.8) is 0 Å². The number of pyridine rings is 1. The molecule has 3 rings (SSSR count). The van der Waals surface area contributed by atoms with E-state index in [0.717, 1.165) is 25.7 Å². The van der Waals surface area contributed by atoms with Crippen LogP contribution in [0.3, 0.4) is 0 Å². The Balaban J connectivity index is 1.78. The molecule has 1 saturated carbocycles. The SMILES string of the molecule is CC(C)C1Oc2ccc(N)nc2N(CC(=O)NC2CCCCC2)C1=O. The lowest BCUT2D eigenvalue weighted by Crippen LogP contribution is -2.53. The predicted octanol–water partition coefficient (Wildman–Crippen LogP) is 1.86. The molecule has 1 aromatic heterocycles. The van der Waals surface area contributed by atoms with Crippen molar-refractivity contribution in [2.45, 2.75) is 58.1 Å². The second-order valence-corrected chi connectivity index (χ2v) is 7.17. The number of nitrogens with one attached hydrogen (secondary N) is 1. The lowest BCUT2D eigenvalue weighted by atomic mass is 9.95. The number of nitrogen functional groups attached to an aromatic ring is 1. The molecule has 1 aliphatic carbocycles. The maximum atomic E-state index is 12.8. The summed E-state index contributed by atoms with van der Waals surface area (Å²) in [5, 5.41) is 3.04. The number of hydrogen-bond acceptors (Lipinski definition) is 5. The smallest absolute Gasteiger partial charge is 0.270 e. The molecule has 1 atom stereocenters. The lowest BCUT2D eigenvalue weighted by Gasteiger charge is -2.35. The van der Waals surface area contributed by atoms with Gasteiger partial charge < -0.3 is 15.8 Å². The molecule has 2 amide bonds. The zero-order valence-corrected chi connectivity index (χ0v) is 14.8. The largest absolute Gasteiger partial charge is 0.476 e. The van der Waals surface area contributed by atoms with Gasteiger partial charge in [-0.1, -0.05) is 33.1 Å². The van der Waals surface area contributed by atoms with Crippen molar-refractivity contribution in [2.75, 3.05) is 17.2 Å². The molecule has 0 radical (unpaired) electrons. The van der Waals surface area contributed by atoms with Crippen LogP contribution in [0.2, 0.25) is 0 Å². The fraction of sp³-hybridized carbons (Fsp3) is 0.611. The summed E-state index contributed by atoms with van der Waals surface area (Å²) in [6, 6.07) is 3.53. The summed E-state index contributed by atoms with van der Waals surface area (Å²) in [5.74, 6) is 0.663. The number of nitrogens with zero attached hydrogens (tertiary/aromatic N) is 2. The highest BCUT2D eigenvalue weighted by Gasteiger charge is 2.38. The number of amides is 2. The first-order valence-electron chi connectivity index (χ1n) is 8.99. The van der Waals surface area contributed by atoms with Gasteiger partial charge in [0.2, 0.25) is 5.91 Å². The first-order valence-corrected chi connectivity index (χ1v) is 8.99. The topological polar surface area (TPSA) is 97.6 Å². The minimum Gasteiger partial charge on any atom is -0.476 e. The van der Waals surface area contributed by atoms with Crippen LogP contribution in [0, 0.1) is 5.92 Å². The first-order chi connectivity index (χ1) is 12.0. The van der Waals surface area contributed by atoms with Crippen molar-refractivity contribution in [3.05, 3.63) is 12.1 Å². The van der Waals surface area contributed by atoms with Crippen LogP contribution in [-0.2, 0) is 9.59 Å². The highest BCUT2D eigenvalue weighted by atomic mass is 16.5. The molecule has 25 heavy (non-hydrogen) atoms. The molecule has 2 aliphatic rings. The van der Waals surface area contributed by atoms with Gasteiger partial charge in [-0.3, -0.25) is 14.5 Å². The lowest BCUT2D eigenvalue weighted by molar-refractivity contribution is -0.130. The second kappa shape index (κ2) is 7.29. The number of aromatic nitrogens is 1. The van der Waals surface area contributed by atoms with Gasteiger partial charge in [0.05, 0.1) is 0 Å². The zero-order chi connectivity index (χ0) is 18.0. The molecule has 1 aliphatic heterocycles. The van der Waals surface area contributed by atoms with Crippen LogP contribution < -0.4 is 20.7 Å². The van der Waals surface area contributed by atoms with Crippen LogP contribution in [0.1, 0.15) is 46.0 Å². The van der Waals surface area contributed by atoms with Gasteiger partial charge in [0.1, 0.15) is 12.4 Å². The Labute approximate surface area is 147 Å². The van der Waals surface area contributed by atoms with Crippen LogP contribution >= 0.6 is 0 Å². The number of ether oxygens (including phenoxy) is 1. The van der Waals surface area contributed by atoms with Gasteiger partial charge in [-0.05, 0) is 30.9 Å². The summed E-state index contributed by atoms with van der Waals surface area (Å²) in [4.78, 5) is 30.9. The summed E-state index contributed by atoms with van der Waals surface area (Å²) in [6.07, 6.45) is 4.87. The van der Waals surface area contributed by atoms with Crippen LogP contribution in [-0.4, -0.2) is 35.5 Å². The van der Waals surface area contributed by atoms with Gasteiger partial charge >= 0.3 is 0 Å². The maximum Gasteiger partial charge on any atom is 0.270 e. The van der Waals surface area contributed by atoms with E-state index in [2.05, 4.69) is 10.3 Å². The minimum absolute atomic E-state index is 0.0119. The highest BCUT2D eigenvalue weighted by Crippen LogP contribution is 2.34. The summed E-state index contributed by atoms with van der Waals surface area (Å²) < 4.78 is 5.78. The standard InChI is InChI=1S/C18H26N4O3/c1-11(2)16-18(24)22(17-13(25-16)8-9-14(19)21-17)10-15(23)20-12-6-4-3-5-7-12/h8-9,11-12,16H,3-7,10H2,1-2H3,(H2,19,21)(H,20,23). The molecule has 0 bridgehead atoms. The normalized spacial score (nSPS) is 21.0. The number of rotatable bonds is 4. The summed E-state index contributed by atoms with van der Waals surface area (Å²) in [7, 11) is 0. The van der Waals surface area contributed by atoms with Gasteiger partial charge in [-0.25, -0.2) is 4.98 Å².